The number of benzene rings is 1. The van der Waals surface area contributed by atoms with Crippen LogP contribution in [0.4, 0.5) is 9.18 Å². The summed E-state index contributed by atoms with van der Waals surface area (Å²) in [4.78, 5) is 27.2. The molecule has 0 bridgehead atoms. The Morgan fingerprint density at radius 3 is 2.36 bits per heavy atom. The molecular formula is C16H22FN3O2. The van der Waals surface area contributed by atoms with Gasteiger partial charge in [-0.15, -0.1) is 0 Å². The molecule has 1 N–H and O–H groups in total. The maximum absolute atomic E-state index is 13.0. The zero-order valence-corrected chi connectivity index (χ0v) is 13.4. The SMILES string of the molecule is C[C@@H](c1ccc(F)cc1)N(C)CCN1C(=O)NC(C)(C)C1=O. The van der Waals surface area contributed by atoms with E-state index >= 15 is 0 Å². The molecule has 5 nitrogen and oxygen atoms in total. The third kappa shape index (κ3) is 3.27. The molecule has 1 atom stereocenters. The predicted molar refractivity (Wildman–Crippen MR) is 81.8 cm³/mol. The average molecular weight is 307 g/mol. The Bertz CT molecular complexity index is 571. The number of hydrogen-bond acceptors (Lipinski definition) is 3. The van der Waals surface area contributed by atoms with Gasteiger partial charge in [-0.25, -0.2) is 9.18 Å². The van der Waals surface area contributed by atoms with Crippen LogP contribution in [0, 0.1) is 5.82 Å². The first-order chi connectivity index (χ1) is 10.2. The van der Waals surface area contributed by atoms with Crippen molar-refractivity contribution in [2.75, 3.05) is 20.1 Å². The van der Waals surface area contributed by atoms with Gasteiger partial charge in [0, 0.05) is 19.1 Å². The lowest BCUT2D eigenvalue weighted by atomic mass is 10.1. The van der Waals surface area contributed by atoms with Crippen LogP contribution in [0.2, 0.25) is 0 Å². The second kappa shape index (κ2) is 6.04. The normalized spacial score (nSPS) is 18.7. The molecule has 120 valence electrons. The number of hydrogen-bond donors (Lipinski definition) is 1. The molecule has 22 heavy (non-hydrogen) atoms. The maximum Gasteiger partial charge on any atom is 0.325 e. The summed E-state index contributed by atoms with van der Waals surface area (Å²) >= 11 is 0. The van der Waals surface area contributed by atoms with Gasteiger partial charge < -0.3 is 5.32 Å². The van der Waals surface area contributed by atoms with Crippen molar-refractivity contribution in [3.8, 4) is 0 Å². The second-order valence-corrected chi connectivity index (χ2v) is 6.22. The number of nitrogens with zero attached hydrogens (tertiary/aromatic N) is 2. The lowest BCUT2D eigenvalue weighted by Gasteiger charge is -2.26. The second-order valence-electron chi connectivity index (χ2n) is 6.22. The standard InChI is InChI=1S/C16H22FN3O2/c1-11(12-5-7-13(17)8-6-12)19(4)9-10-20-14(21)16(2,3)18-15(20)22/h5-8,11H,9-10H2,1-4H3,(H,18,22)/t11-/m0/s1. The molecule has 1 aliphatic rings. The molecule has 0 saturated carbocycles. The molecule has 1 saturated heterocycles. The fourth-order valence-corrected chi connectivity index (χ4v) is 2.47. The molecule has 3 amide bonds. The van der Waals surface area contributed by atoms with Crippen molar-refractivity contribution >= 4 is 11.9 Å². The molecule has 1 aliphatic heterocycles. The Kier molecular flexibility index (Phi) is 4.51. The maximum atomic E-state index is 13.0. The van der Waals surface area contributed by atoms with Crippen LogP contribution in [0.15, 0.2) is 24.3 Å². The fraction of sp³-hybridized carbons (Fsp3) is 0.500. The van der Waals surface area contributed by atoms with Crippen LogP contribution in [0.25, 0.3) is 0 Å². The van der Waals surface area contributed by atoms with E-state index in [1.54, 1.807) is 26.0 Å². The summed E-state index contributed by atoms with van der Waals surface area (Å²) in [7, 11) is 1.91. The van der Waals surface area contributed by atoms with Crippen molar-refractivity contribution < 1.29 is 14.0 Å². The highest BCUT2D eigenvalue weighted by Crippen LogP contribution is 2.20. The molecule has 0 unspecified atom stereocenters. The first-order valence-corrected chi connectivity index (χ1v) is 7.32. The van der Waals surface area contributed by atoms with Crippen molar-refractivity contribution in [2.24, 2.45) is 0 Å². The lowest BCUT2D eigenvalue weighted by Crippen LogP contribution is -2.41. The minimum absolute atomic E-state index is 0.0642. The lowest BCUT2D eigenvalue weighted by molar-refractivity contribution is -0.130. The summed E-state index contributed by atoms with van der Waals surface area (Å²) in [6.45, 7) is 6.27. The highest BCUT2D eigenvalue weighted by Gasteiger charge is 2.43. The summed E-state index contributed by atoms with van der Waals surface area (Å²) in [6.07, 6.45) is 0. The van der Waals surface area contributed by atoms with E-state index in [9.17, 15) is 14.0 Å². The molecule has 1 aromatic rings. The van der Waals surface area contributed by atoms with Gasteiger partial charge in [-0.2, -0.15) is 0 Å². The third-order valence-corrected chi connectivity index (χ3v) is 4.13. The molecule has 1 fully saturated rings. The van der Waals surface area contributed by atoms with E-state index in [0.717, 1.165) is 5.56 Å². The summed E-state index contributed by atoms with van der Waals surface area (Å²) in [5.41, 5.74) is 0.152. The largest absolute Gasteiger partial charge is 0.325 e. The molecule has 0 radical (unpaired) electrons. The van der Waals surface area contributed by atoms with Crippen LogP contribution in [0.5, 0.6) is 0 Å². The van der Waals surface area contributed by atoms with E-state index < -0.39 is 5.54 Å². The molecule has 6 heteroatoms. The predicted octanol–water partition coefficient (Wildman–Crippen LogP) is 2.15. The van der Waals surface area contributed by atoms with Gasteiger partial charge in [0.05, 0.1) is 0 Å². The quantitative estimate of drug-likeness (QED) is 0.848. The molecular weight excluding hydrogens is 285 g/mol. The molecule has 0 aromatic heterocycles. The Morgan fingerprint density at radius 1 is 1.27 bits per heavy atom. The molecule has 2 rings (SSSR count). The number of carbonyl (C=O) groups excluding carboxylic acids is 2. The van der Waals surface area contributed by atoms with E-state index in [-0.39, 0.29) is 23.8 Å². The monoisotopic (exact) mass is 307 g/mol. The number of imide groups is 1. The Morgan fingerprint density at radius 2 is 1.86 bits per heavy atom. The van der Waals surface area contributed by atoms with Crippen molar-refractivity contribution in [1.29, 1.82) is 0 Å². The molecule has 0 spiro atoms. The summed E-state index contributed by atoms with van der Waals surface area (Å²) < 4.78 is 13.0. The number of carbonyl (C=O) groups is 2. The van der Waals surface area contributed by atoms with Crippen LogP contribution in [-0.4, -0.2) is 47.4 Å². The number of nitrogens with one attached hydrogen (secondary N) is 1. The zero-order chi connectivity index (χ0) is 16.5. The molecule has 1 heterocycles. The zero-order valence-electron chi connectivity index (χ0n) is 13.4. The van der Waals surface area contributed by atoms with Gasteiger partial charge in [0.1, 0.15) is 11.4 Å². The van der Waals surface area contributed by atoms with Gasteiger partial charge in [0.25, 0.3) is 5.91 Å². The van der Waals surface area contributed by atoms with Gasteiger partial charge in [0.15, 0.2) is 0 Å². The van der Waals surface area contributed by atoms with Crippen LogP contribution in [-0.2, 0) is 4.79 Å². The van der Waals surface area contributed by atoms with Crippen LogP contribution >= 0.6 is 0 Å². The average Bonchev–Trinajstić information content (AvgIpc) is 2.65. The van der Waals surface area contributed by atoms with Crippen molar-refractivity contribution in [3.63, 3.8) is 0 Å². The fourth-order valence-electron chi connectivity index (χ4n) is 2.47. The minimum Gasteiger partial charge on any atom is -0.324 e. The topological polar surface area (TPSA) is 52.6 Å². The number of likely N-dealkylation sites (N-methyl/N-ethyl adjacent to an activating group) is 1. The first kappa shape index (κ1) is 16.4. The third-order valence-electron chi connectivity index (χ3n) is 4.13. The number of urea groups is 1. The van der Waals surface area contributed by atoms with E-state index in [2.05, 4.69) is 5.32 Å². The number of rotatable bonds is 5. The Labute approximate surface area is 130 Å². The van der Waals surface area contributed by atoms with E-state index in [0.29, 0.717) is 13.1 Å². The van der Waals surface area contributed by atoms with Crippen LogP contribution in [0.1, 0.15) is 32.4 Å². The number of amides is 3. The van der Waals surface area contributed by atoms with E-state index in [1.165, 1.54) is 17.0 Å². The smallest absolute Gasteiger partial charge is 0.324 e. The summed E-state index contributed by atoms with van der Waals surface area (Å²) in [5.74, 6) is -0.472. The van der Waals surface area contributed by atoms with Crippen molar-refractivity contribution in [2.45, 2.75) is 32.4 Å². The van der Waals surface area contributed by atoms with Gasteiger partial charge in [-0.3, -0.25) is 14.6 Å². The summed E-state index contributed by atoms with van der Waals surface area (Å²) in [5, 5.41) is 2.66. The Hall–Kier alpha value is -1.95. The van der Waals surface area contributed by atoms with E-state index in [1.807, 2.05) is 18.9 Å². The number of halogens is 1. The summed E-state index contributed by atoms with van der Waals surface area (Å²) in [6, 6.07) is 6.06. The van der Waals surface area contributed by atoms with Gasteiger partial charge in [-0.05, 0) is 45.5 Å². The van der Waals surface area contributed by atoms with Gasteiger partial charge >= 0.3 is 6.03 Å². The van der Waals surface area contributed by atoms with Crippen LogP contribution < -0.4 is 5.32 Å². The van der Waals surface area contributed by atoms with E-state index in [4.69, 9.17) is 0 Å². The van der Waals surface area contributed by atoms with Crippen LogP contribution in [0.3, 0.4) is 0 Å². The molecule has 1 aromatic carbocycles. The Balaban J connectivity index is 1.95. The highest BCUT2D eigenvalue weighted by molar-refractivity contribution is 6.06. The minimum atomic E-state index is -0.835. The van der Waals surface area contributed by atoms with Gasteiger partial charge in [0.2, 0.25) is 0 Å². The molecule has 0 aliphatic carbocycles. The van der Waals surface area contributed by atoms with Gasteiger partial charge in [-0.1, -0.05) is 12.1 Å². The highest BCUT2D eigenvalue weighted by atomic mass is 19.1. The van der Waals surface area contributed by atoms with Crippen molar-refractivity contribution in [3.05, 3.63) is 35.6 Å². The first-order valence-electron chi connectivity index (χ1n) is 7.32. The van der Waals surface area contributed by atoms with Crippen molar-refractivity contribution in [1.82, 2.24) is 15.1 Å².